The van der Waals surface area contributed by atoms with E-state index in [0.717, 1.165) is 40.9 Å². The van der Waals surface area contributed by atoms with Crippen LogP contribution in [0, 0.1) is 6.92 Å². The number of hydrogen-bond donors (Lipinski definition) is 1. The fourth-order valence-corrected chi connectivity index (χ4v) is 3.31. The number of likely N-dealkylation sites (tertiary alicyclic amines) is 1. The zero-order valence-electron chi connectivity index (χ0n) is 12.6. The number of nitrogens with zero attached hydrogens (tertiary/aromatic N) is 1. The maximum absolute atomic E-state index is 6.07. The molecular weight excluding hydrogens is 312 g/mol. The number of aryl methyl sites for hydroxylation is 1. The molecule has 2 aromatic rings. The van der Waals surface area contributed by atoms with E-state index >= 15 is 0 Å². The molecule has 0 amide bonds. The van der Waals surface area contributed by atoms with Crippen LogP contribution >= 0.6 is 23.8 Å². The third-order valence-corrected chi connectivity index (χ3v) is 4.78. The topological polar surface area (TPSA) is 15.3 Å². The summed E-state index contributed by atoms with van der Waals surface area (Å²) in [5.74, 6) is 0.557. The number of benzene rings is 2. The molecule has 0 spiro atoms. The molecule has 1 saturated heterocycles. The van der Waals surface area contributed by atoms with Crippen LogP contribution in [0.15, 0.2) is 48.5 Å². The van der Waals surface area contributed by atoms with Gasteiger partial charge in [0.25, 0.3) is 0 Å². The van der Waals surface area contributed by atoms with E-state index in [4.69, 9.17) is 23.8 Å². The largest absolute Gasteiger partial charge is 0.348 e. The molecule has 0 aromatic heterocycles. The van der Waals surface area contributed by atoms with Crippen molar-refractivity contribution < 1.29 is 0 Å². The van der Waals surface area contributed by atoms with E-state index in [-0.39, 0.29) is 0 Å². The second kappa shape index (κ2) is 6.67. The van der Waals surface area contributed by atoms with Crippen LogP contribution in [0.25, 0.3) is 0 Å². The zero-order valence-corrected chi connectivity index (χ0v) is 14.1. The SMILES string of the molecule is Cc1ccc(Cl)cc1NC(=S)N1CC[C@H](c2ccccc2)C1. The van der Waals surface area contributed by atoms with Crippen LogP contribution in [0.5, 0.6) is 0 Å². The average Bonchev–Trinajstić information content (AvgIpc) is 3.02. The van der Waals surface area contributed by atoms with E-state index in [1.54, 1.807) is 0 Å². The van der Waals surface area contributed by atoms with Crippen LogP contribution in [0.1, 0.15) is 23.5 Å². The summed E-state index contributed by atoms with van der Waals surface area (Å²) < 4.78 is 0. The van der Waals surface area contributed by atoms with Gasteiger partial charge in [0.2, 0.25) is 0 Å². The van der Waals surface area contributed by atoms with Gasteiger partial charge in [-0.2, -0.15) is 0 Å². The van der Waals surface area contributed by atoms with E-state index < -0.39 is 0 Å². The van der Waals surface area contributed by atoms with Crippen molar-refractivity contribution in [2.45, 2.75) is 19.3 Å². The first-order valence-electron chi connectivity index (χ1n) is 7.50. The predicted octanol–water partition coefficient (Wildman–Crippen LogP) is 4.83. The van der Waals surface area contributed by atoms with Gasteiger partial charge < -0.3 is 10.2 Å². The summed E-state index contributed by atoms with van der Waals surface area (Å²) in [4.78, 5) is 2.24. The van der Waals surface area contributed by atoms with Gasteiger partial charge in [-0.05, 0) is 48.8 Å². The maximum atomic E-state index is 6.07. The normalized spacial score (nSPS) is 17.5. The van der Waals surface area contributed by atoms with Crippen molar-refractivity contribution in [3.05, 3.63) is 64.7 Å². The van der Waals surface area contributed by atoms with E-state index in [1.165, 1.54) is 5.56 Å². The van der Waals surface area contributed by atoms with Crippen molar-refractivity contribution in [3.63, 3.8) is 0 Å². The summed E-state index contributed by atoms with van der Waals surface area (Å²) in [5.41, 5.74) is 3.53. The number of anilines is 1. The van der Waals surface area contributed by atoms with Crippen LogP contribution in [-0.4, -0.2) is 23.1 Å². The molecule has 0 aliphatic carbocycles. The minimum Gasteiger partial charge on any atom is -0.348 e. The van der Waals surface area contributed by atoms with Gasteiger partial charge in [0.1, 0.15) is 0 Å². The Bertz CT molecular complexity index is 672. The minimum absolute atomic E-state index is 0.557. The maximum Gasteiger partial charge on any atom is 0.173 e. The van der Waals surface area contributed by atoms with Crippen LogP contribution < -0.4 is 5.32 Å². The fraction of sp³-hybridized carbons (Fsp3) is 0.278. The lowest BCUT2D eigenvalue weighted by Crippen LogP contribution is -2.32. The van der Waals surface area contributed by atoms with Crippen molar-refractivity contribution in [2.24, 2.45) is 0 Å². The summed E-state index contributed by atoms with van der Waals surface area (Å²) in [6.07, 6.45) is 1.14. The van der Waals surface area contributed by atoms with Crippen molar-refractivity contribution in [3.8, 4) is 0 Å². The lowest BCUT2D eigenvalue weighted by molar-refractivity contribution is 0.518. The van der Waals surface area contributed by atoms with Crippen LogP contribution in [0.3, 0.4) is 0 Å². The van der Waals surface area contributed by atoms with Crippen LogP contribution in [0.4, 0.5) is 5.69 Å². The molecule has 1 fully saturated rings. The first-order chi connectivity index (χ1) is 10.6. The third kappa shape index (κ3) is 3.42. The number of hydrogen-bond acceptors (Lipinski definition) is 1. The molecule has 22 heavy (non-hydrogen) atoms. The van der Waals surface area contributed by atoms with Gasteiger partial charge in [0.15, 0.2) is 5.11 Å². The van der Waals surface area contributed by atoms with Crippen LogP contribution in [-0.2, 0) is 0 Å². The highest BCUT2D eigenvalue weighted by Gasteiger charge is 2.25. The highest BCUT2D eigenvalue weighted by Crippen LogP contribution is 2.28. The van der Waals surface area contributed by atoms with Gasteiger partial charge in [-0.3, -0.25) is 0 Å². The molecule has 4 heteroatoms. The average molecular weight is 331 g/mol. The molecule has 1 heterocycles. The Hall–Kier alpha value is -1.58. The summed E-state index contributed by atoms with van der Waals surface area (Å²) in [6.45, 7) is 4.01. The molecule has 3 rings (SSSR count). The van der Waals surface area contributed by atoms with Crippen molar-refractivity contribution >= 4 is 34.6 Å². The Kier molecular flexibility index (Phi) is 4.65. The molecule has 2 nitrogen and oxygen atoms in total. The fourth-order valence-electron chi connectivity index (χ4n) is 2.87. The van der Waals surface area contributed by atoms with E-state index in [1.807, 2.05) is 18.2 Å². The first-order valence-corrected chi connectivity index (χ1v) is 8.29. The Morgan fingerprint density at radius 3 is 2.77 bits per heavy atom. The molecule has 2 aromatic carbocycles. The number of thiocarbonyl (C=S) groups is 1. The van der Waals surface area contributed by atoms with Gasteiger partial charge in [-0.15, -0.1) is 0 Å². The molecule has 0 saturated carbocycles. The second-order valence-corrected chi connectivity index (χ2v) is 6.55. The van der Waals surface area contributed by atoms with Crippen LogP contribution in [0.2, 0.25) is 5.02 Å². The second-order valence-electron chi connectivity index (χ2n) is 5.73. The Balaban J connectivity index is 1.66. The standard InChI is InChI=1S/C18H19ClN2S/c1-13-7-8-16(19)11-17(13)20-18(22)21-10-9-15(12-21)14-5-3-2-4-6-14/h2-8,11,15H,9-10,12H2,1H3,(H,20,22)/t15-/m0/s1. The summed E-state index contributed by atoms with van der Waals surface area (Å²) in [7, 11) is 0. The molecule has 0 bridgehead atoms. The zero-order chi connectivity index (χ0) is 15.5. The summed E-state index contributed by atoms with van der Waals surface area (Å²) in [6, 6.07) is 16.5. The van der Waals surface area contributed by atoms with E-state index in [9.17, 15) is 0 Å². The van der Waals surface area contributed by atoms with Gasteiger partial charge in [0, 0.05) is 29.7 Å². The molecular formula is C18H19ClN2S. The van der Waals surface area contributed by atoms with E-state index in [2.05, 4.69) is 47.5 Å². The van der Waals surface area contributed by atoms with Gasteiger partial charge in [0.05, 0.1) is 0 Å². The van der Waals surface area contributed by atoms with Crippen molar-refractivity contribution in [2.75, 3.05) is 18.4 Å². The highest BCUT2D eigenvalue weighted by atomic mass is 35.5. The summed E-state index contributed by atoms with van der Waals surface area (Å²) in [5, 5.41) is 4.84. The lowest BCUT2D eigenvalue weighted by Gasteiger charge is -2.21. The number of nitrogens with one attached hydrogen (secondary N) is 1. The molecule has 114 valence electrons. The Morgan fingerprint density at radius 1 is 1.23 bits per heavy atom. The van der Waals surface area contributed by atoms with Gasteiger partial charge in [-0.1, -0.05) is 48.0 Å². The molecule has 1 aliphatic rings. The van der Waals surface area contributed by atoms with E-state index in [0.29, 0.717) is 5.92 Å². The Labute approximate surface area is 142 Å². The third-order valence-electron chi connectivity index (χ3n) is 4.19. The van der Waals surface area contributed by atoms with Crippen molar-refractivity contribution in [1.82, 2.24) is 4.90 Å². The molecule has 0 radical (unpaired) electrons. The quantitative estimate of drug-likeness (QED) is 0.794. The van der Waals surface area contributed by atoms with Crippen molar-refractivity contribution in [1.29, 1.82) is 0 Å². The first kappa shape index (κ1) is 15.3. The lowest BCUT2D eigenvalue weighted by atomic mass is 9.99. The molecule has 1 atom stereocenters. The van der Waals surface area contributed by atoms with Gasteiger partial charge >= 0.3 is 0 Å². The van der Waals surface area contributed by atoms with Gasteiger partial charge in [-0.25, -0.2) is 0 Å². The summed E-state index contributed by atoms with van der Waals surface area (Å²) >= 11 is 11.6. The smallest absolute Gasteiger partial charge is 0.173 e. The monoisotopic (exact) mass is 330 g/mol. The molecule has 1 aliphatic heterocycles. The predicted molar refractivity (Wildman–Crippen MR) is 97.8 cm³/mol. The molecule has 0 unspecified atom stereocenters. The highest BCUT2D eigenvalue weighted by molar-refractivity contribution is 7.80. The number of rotatable bonds is 2. The Morgan fingerprint density at radius 2 is 2.00 bits per heavy atom. The minimum atomic E-state index is 0.557. The number of halogens is 1. The molecule has 1 N–H and O–H groups in total.